The molecule has 2 rings (SSSR count). The predicted octanol–water partition coefficient (Wildman–Crippen LogP) is 1.44. The molecule has 116 valence electrons. The zero-order valence-corrected chi connectivity index (χ0v) is 12.6. The number of aliphatic hydroxyl groups is 1. The molecule has 1 heterocycles. The summed E-state index contributed by atoms with van der Waals surface area (Å²) in [7, 11) is 0. The van der Waals surface area contributed by atoms with Crippen molar-refractivity contribution in [3.05, 3.63) is 24.3 Å². The number of nitrogens with one attached hydrogen (secondary N) is 2. The average Bonchev–Trinajstić information content (AvgIpc) is 2.54. The number of likely N-dealkylation sites (N-methyl/N-ethyl adjacent to an activating group) is 1. The summed E-state index contributed by atoms with van der Waals surface area (Å²) in [6.07, 6.45) is 1.81. The monoisotopic (exact) mass is 291 g/mol. The highest BCUT2D eigenvalue weighted by Gasteiger charge is 2.20. The highest BCUT2D eigenvalue weighted by Crippen LogP contribution is 2.19. The first-order valence-electron chi connectivity index (χ1n) is 7.72. The van der Waals surface area contributed by atoms with Gasteiger partial charge in [-0.25, -0.2) is 0 Å². The van der Waals surface area contributed by atoms with Gasteiger partial charge >= 0.3 is 0 Å². The highest BCUT2D eigenvalue weighted by atomic mass is 16.3. The lowest BCUT2D eigenvalue weighted by molar-refractivity contribution is -0.120. The molecule has 3 N–H and O–H groups in total. The van der Waals surface area contributed by atoms with Gasteiger partial charge in [0, 0.05) is 30.4 Å². The summed E-state index contributed by atoms with van der Waals surface area (Å²) in [5.41, 5.74) is 1.90. The van der Waals surface area contributed by atoms with Crippen molar-refractivity contribution in [3.8, 4) is 0 Å². The summed E-state index contributed by atoms with van der Waals surface area (Å²) in [6, 6.07) is 7.82. The molecule has 1 saturated heterocycles. The van der Waals surface area contributed by atoms with E-state index in [1.807, 2.05) is 24.3 Å². The number of amides is 1. The van der Waals surface area contributed by atoms with E-state index in [-0.39, 0.29) is 18.4 Å². The molecular weight excluding hydrogens is 266 g/mol. The molecule has 1 aliphatic heterocycles. The first-order valence-corrected chi connectivity index (χ1v) is 7.72. The van der Waals surface area contributed by atoms with Crippen LogP contribution < -0.4 is 15.5 Å². The molecule has 21 heavy (non-hydrogen) atoms. The van der Waals surface area contributed by atoms with Crippen molar-refractivity contribution in [2.24, 2.45) is 5.92 Å². The van der Waals surface area contributed by atoms with Crippen molar-refractivity contribution in [3.63, 3.8) is 0 Å². The van der Waals surface area contributed by atoms with Crippen molar-refractivity contribution in [1.82, 2.24) is 5.32 Å². The van der Waals surface area contributed by atoms with Gasteiger partial charge < -0.3 is 20.6 Å². The summed E-state index contributed by atoms with van der Waals surface area (Å²) in [4.78, 5) is 14.3. The Hall–Kier alpha value is -1.59. The number of carbonyl (C=O) groups excluding carboxylic acids is 1. The molecule has 0 spiro atoms. The highest BCUT2D eigenvalue weighted by molar-refractivity contribution is 5.92. The Labute approximate surface area is 126 Å². The van der Waals surface area contributed by atoms with Crippen molar-refractivity contribution >= 4 is 17.3 Å². The molecule has 5 heteroatoms. The molecule has 0 unspecified atom stereocenters. The smallest absolute Gasteiger partial charge is 0.227 e. The third-order valence-electron chi connectivity index (χ3n) is 3.96. The molecule has 0 saturated carbocycles. The molecule has 1 fully saturated rings. The van der Waals surface area contributed by atoms with Gasteiger partial charge in [-0.05, 0) is 57.1 Å². The molecule has 1 aromatic rings. The van der Waals surface area contributed by atoms with Crippen LogP contribution in [0.15, 0.2) is 24.3 Å². The van der Waals surface area contributed by atoms with E-state index in [1.54, 1.807) is 0 Å². The Kier molecular flexibility index (Phi) is 6.02. The number of hydrogen-bond donors (Lipinski definition) is 3. The molecule has 1 aromatic carbocycles. The maximum absolute atomic E-state index is 12.2. The predicted molar refractivity (Wildman–Crippen MR) is 85.6 cm³/mol. The standard InChI is InChI=1S/C16H25N3O2/c1-2-19(11-12-20)15-5-3-14(4-6-15)18-16(21)13-7-9-17-10-8-13/h3-6,13,17,20H,2,7-12H2,1H3,(H,18,21). The van der Waals surface area contributed by atoms with Gasteiger partial charge in [-0.1, -0.05) is 0 Å². The van der Waals surface area contributed by atoms with E-state index >= 15 is 0 Å². The average molecular weight is 291 g/mol. The maximum Gasteiger partial charge on any atom is 0.227 e. The second kappa shape index (κ2) is 8.00. The lowest BCUT2D eigenvalue weighted by Crippen LogP contribution is -2.34. The minimum atomic E-state index is 0.118. The summed E-state index contributed by atoms with van der Waals surface area (Å²) >= 11 is 0. The number of piperidine rings is 1. The van der Waals surface area contributed by atoms with Crippen LogP contribution in [-0.4, -0.2) is 43.8 Å². The Morgan fingerprint density at radius 1 is 1.33 bits per heavy atom. The van der Waals surface area contributed by atoms with Gasteiger partial charge in [-0.2, -0.15) is 0 Å². The Bertz CT molecular complexity index is 441. The lowest BCUT2D eigenvalue weighted by Gasteiger charge is -2.23. The normalized spacial score (nSPS) is 15.7. The zero-order valence-electron chi connectivity index (χ0n) is 12.6. The molecule has 0 atom stereocenters. The van der Waals surface area contributed by atoms with Gasteiger partial charge in [-0.3, -0.25) is 4.79 Å². The molecule has 0 aliphatic carbocycles. The largest absolute Gasteiger partial charge is 0.395 e. The van der Waals surface area contributed by atoms with Crippen LogP contribution >= 0.6 is 0 Å². The fourth-order valence-electron chi connectivity index (χ4n) is 2.67. The number of carbonyl (C=O) groups is 1. The SMILES string of the molecule is CCN(CCO)c1ccc(NC(=O)C2CCNCC2)cc1. The zero-order chi connectivity index (χ0) is 15.1. The third kappa shape index (κ3) is 4.44. The molecular formula is C16H25N3O2. The summed E-state index contributed by atoms with van der Waals surface area (Å²) in [6.45, 7) is 5.51. The fourth-order valence-corrected chi connectivity index (χ4v) is 2.67. The molecule has 1 amide bonds. The van der Waals surface area contributed by atoms with Gasteiger partial charge in [0.05, 0.1) is 6.61 Å². The van der Waals surface area contributed by atoms with Gasteiger partial charge in [0.25, 0.3) is 0 Å². The van der Waals surface area contributed by atoms with Crippen molar-refractivity contribution in [2.75, 3.05) is 43.0 Å². The van der Waals surface area contributed by atoms with E-state index < -0.39 is 0 Å². The second-order valence-electron chi connectivity index (χ2n) is 5.36. The molecule has 1 aliphatic rings. The van der Waals surface area contributed by atoms with E-state index in [2.05, 4.69) is 22.5 Å². The number of aliphatic hydroxyl groups excluding tert-OH is 1. The van der Waals surface area contributed by atoms with Crippen LogP contribution in [0.2, 0.25) is 0 Å². The van der Waals surface area contributed by atoms with Crippen LogP contribution in [0.25, 0.3) is 0 Å². The summed E-state index contributed by atoms with van der Waals surface area (Å²) in [5, 5.41) is 15.3. The van der Waals surface area contributed by atoms with E-state index in [9.17, 15) is 4.79 Å². The van der Waals surface area contributed by atoms with Crippen LogP contribution in [0.1, 0.15) is 19.8 Å². The molecule has 5 nitrogen and oxygen atoms in total. The van der Waals surface area contributed by atoms with Crippen LogP contribution in [0.3, 0.4) is 0 Å². The molecule has 0 bridgehead atoms. The van der Waals surface area contributed by atoms with Gasteiger partial charge in [0.15, 0.2) is 0 Å². The fraction of sp³-hybridized carbons (Fsp3) is 0.562. The molecule has 0 aromatic heterocycles. The lowest BCUT2D eigenvalue weighted by atomic mass is 9.97. The number of nitrogens with zero attached hydrogens (tertiary/aromatic N) is 1. The first-order chi connectivity index (χ1) is 10.2. The van der Waals surface area contributed by atoms with E-state index in [0.29, 0.717) is 6.54 Å². The topological polar surface area (TPSA) is 64.6 Å². The van der Waals surface area contributed by atoms with E-state index in [0.717, 1.165) is 43.9 Å². The Morgan fingerprint density at radius 3 is 2.57 bits per heavy atom. The van der Waals surface area contributed by atoms with Gasteiger partial charge in [0.1, 0.15) is 0 Å². The van der Waals surface area contributed by atoms with Gasteiger partial charge in [-0.15, -0.1) is 0 Å². The van der Waals surface area contributed by atoms with Crippen LogP contribution in [0.5, 0.6) is 0 Å². The van der Waals surface area contributed by atoms with Gasteiger partial charge in [0.2, 0.25) is 5.91 Å². The van der Waals surface area contributed by atoms with Crippen LogP contribution in [0.4, 0.5) is 11.4 Å². The summed E-state index contributed by atoms with van der Waals surface area (Å²) in [5.74, 6) is 0.236. The van der Waals surface area contributed by atoms with Crippen LogP contribution in [0, 0.1) is 5.92 Å². The Morgan fingerprint density at radius 2 is 2.00 bits per heavy atom. The minimum absolute atomic E-state index is 0.118. The maximum atomic E-state index is 12.2. The number of benzene rings is 1. The van der Waals surface area contributed by atoms with E-state index in [1.165, 1.54) is 0 Å². The van der Waals surface area contributed by atoms with Crippen molar-refractivity contribution < 1.29 is 9.90 Å². The summed E-state index contributed by atoms with van der Waals surface area (Å²) < 4.78 is 0. The quantitative estimate of drug-likeness (QED) is 0.742. The number of anilines is 2. The Balaban J connectivity index is 1.93. The third-order valence-corrected chi connectivity index (χ3v) is 3.96. The van der Waals surface area contributed by atoms with Crippen molar-refractivity contribution in [2.45, 2.75) is 19.8 Å². The van der Waals surface area contributed by atoms with Crippen molar-refractivity contribution in [1.29, 1.82) is 0 Å². The second-order valence-corrected chi connectivity index (χ2v) is 5.36. The minimum Gasteiger partial charge on any atom is -0.395 e. The van der Waals surface area contributed by atoms with E-state index in [4.69, 9.17) is 5.11 Å². The van der Waals surface area contributed by atoms with Crippen LogP contribution in [-0.2, 0) is 4.79 Å². The molecule has 0 radical (unpaired) electrons. The number of hydrogen-bond acceptors (Lipinski definition) is 4. The first kappa shape index (κ1) is 15.8. The number of rotatable bonds is 6.